The third-order valence-electron chi connectivity index (χ3n) is 7.41. The Bertz CT molecular complexity index is 1610. The average molecular weight is 739 g/mol. The van der Waals surface area contributed by atoms with Gasteiger partial charge < -0.3 is 45.4 Å². The van der Waals surface area contributed by atoms with E-state index in [1.807, 2.05) is 12.1 Å². The molecule has 1 saturated heterocycles. The number of rotatable bonds is 11. The van der Waals surface area contributed by atoms with Crippen molar-refractivity contribution in [3.8, 4) is 11.5 Å². The van der Waals surface area contributed by atoms with Crippen molar-refractivity contribution in [3.05, 3.63) is 22.9 Å². The van der Waals surface area contributed by atoms with Crippen LogP contribution in [0.3, 0.4) is 0 Å². The molecule has 18 heteroatoms. The zero-order chi connectivity index (χ0) is 34.2. The Morgan fingerprint density at radius 1 is 1.09 bits per heavy atom. The maximum Gasteiger partial charge on any atom is 0.323 e. The van der Waals surface area contributed by atoms with E-state index in [-0.39, 0.29) is 25.5 Å². The molecular weight excluding hydrogens is 702 g/mol. The minimum absolute atomic E-state index is 0.191. The Balaban J connectivity index is 0.000000555. The molecule has 2 atom stereocenters. The molecule has 0 aliphatic carbocycles. The van der Waals surface area contributed by atoms with Crippen LogP contribution in [0.4, 0.5) is 5.82 Å². The van der Waals surface area contributed by atoms with E-state index in [0.29, 0.717) is 54.0 Å². The molecular formula is C29H36BrN7O9S. The van der Waals surface area contributed by atoms with Crippen LogP contribution in [-0.2, 0) is 30.5 Å². The van der Waals surface area contributed by atoms with Gasteiger partial charge >= 0.3 is 17.9 Å². The van der Waals surface area contributed by atoms with Crippen LogP contribution in [0.5, 0.6) is 11.5 Å². The lowest BCUT2D eigenvalue weighted by Gasteiger charge is -2.33. The predicted molar refractivity (Wildman–Crippen MR) is 172 cm³/mol. The minimum atomic E-state index is -1.08. The van der Waals surface area contributed by atoms with Gasteiger partial charge in [0, 0.05) is 29.0 Å². The van der Waals surface area contributed by atoms with Gasteiger partial charge in [-0.1, -0.05) is 11.8 Å². The number of aliphatic carboxylic acids is 2. The first kappa shape index (κ1) is 35.7. The number of imidazole rings is 1. The summed E-state index contributed by atoms with van der Waals surface area (Å²) in [6.07, 6.45) is 2.58. The molecule has 3 aromatic rings. The number of nitrogens with two attached hydrogens (primary N) is 2. The Kier molecular flexibility index (Phi) is 12.2. The summed E-state index contributed by atoms with van der Waals surface area (Å²) in [7, 11) is 0. The van der Waals surface area contributed by atoms with E-state index in [4.69, 9.17) is 40.9 Å². The molecule has 16 nitrogen and oxygen atoms in total. The van der Waals surface area contributed by atoms with E-state index >= 15 is 0 Å². The number of hydrogen-bond donors (Lipinski definition) is 4. The van der Waals surface area contributed by atoms with Crippen molar-refractivity contribution < 1.29 is 43.6 Å². The van der Waals surface area contributed by atoms with Crippen molar-refractivity contribution in [3.63, 3.8) is 0 Å². The number of nitrogen functional groups attached to an aromatic ring is 1. The van der Waals surface area contributed by atoms with Crippen molar-refractivity contribution in [1.82, 2.24) is 24.4 Å². The second-order valence-electron chi connectivity index (χ2n) is 10.9. The van der Waals surface area contributed by atoms with Crippen LogP contribution in [0.15, 0.2) is 33.0 Å². The maximum atomic E-state index is 12.7. The van der Waals surface area contributed by atoms with Gasteiger partial charge in [0.25, 0.3) is 5.91 Å². The number of carbonyl (C=O) groups is 4. The number of nitrogens with zero attached hydrogens (tertiary/aromatic N) is 5. The van der Waals surface area contributed by atoms with Crippen LogP contribution in [-0.4, -0.2) is 90.5 Å². The number of piperidine rings is 1. The average Bonchev–Trinajstić information content (AvgIpc) is 3.63. The summed E-state index contributed by atoms with van der Waals surface area (Å²) in [4.78, 5) is 59.8. The van der Waals surface area contributed by atoms with Crippen molar-refractivity contribution in [2.24, 2.45) is 11.7 Å². The number of esters is 1. The molecule has 1 aromatic carbocycles. The molecule has 1 amide bonds. The molecule has 254 valence electrons. The molecule has 2 aliphatic rings. The fourth-order valence-electron chi connectivity index (χ4n) is 4.85. The number of benzene rings is 1. The highest BCUT2D eigenvalue weighted by atomic mass is 79.9. The van der Waals surface area contributed by atoms with Crippen LogP contribution < -0.4 is 20.9 Å². The number of carboxylic acids is 2. The first-order valence-corrected chi connectivity index (χ1v) is 16.4. The number of carbonyl (C=O) groups excluding carboxylic acids is 2. The number of aromatic nitrogens is 4. The highest BCUT2D eigenvalue weighted by Gasteiger charge is 2.29. The highest BCUT2D eigenvalue weighted by molar-refractivity contribution is 9.10. The Morgan fingerprint density at radius 3 is 2.34 bits per heavy atom. The number of carboxylic acid groups (broad SMARTS) is 2. The summed E-state index contributed by atoms with van der Waals surface area (Å²) < 4.78 is 19.1. The molecule has 0 spiro atoms. The standard InChI is InChI=1S/C25H30BrN7O5S.C4H6O4/c1-13(27)24(35)38-14(2)23(34)32-6-3-15(4-7-32)5-8-33-22-20(21(28)29-11-30-22)31-25(33)39-19-10-18-17(9-16(19)26)36-12-37-18;5-3(6)1-2-4(7)8/h9-11,13-15H,3-8,12,27H2,1-2H3,(H2,28,29,30);1-2H2,(H,5,6)(H,7,8)/t13-,14-;/m0./s1. The van der Waals surface area contributed by atoms with E-state index in [9.17, 15) is 19.2 Å². The summed E-state index contributed by atoms with van der Waals surface area (Å²) in [6.45, 7) is 5.21. The summed E-state index contributed by atoms with van der Waals surface area (Å²) in [6, 6.07) is 3.05. The van der Waals surface area contributed by atoms with Gasteiger partial charge in [0.2, 0.25) is 6.79 Å². The lowest BCUT2D eigenvalue weighted by molar-refractivity contribution is -0.160. The predicted octanol–water partition coefficient (Wildman–Crippen LogP) is 2.89. The minimum Gasteiger partial charge on any atom is -0.481 e. The first-order chi connectivity index (χ1) is 22.3. The molecule has 1 fully saturated rings. The van der Waals surface area contributed by atoms with Crippen molar-refractivity contribution >= 4 is 68.5 Å². The van der Waals surface area contributed by atoms with Gasteiger partial charge in [-0.25, -0.2) is 15.0 Å². The number of halogens is 1. The smallest absolute Gasteiger partial charge is 0.323 e. The molecule has 4 heterocycles. The molecule has 6 N–H and O–H groups in total. The Morgan fingerprint density at radius 2 is 1.72 bits per heavy atom. The topological polar surface area (TPSA) is 235 Å². The van der Waals surface area contributed by atoms with Crippen LogP contribution >= 0.6 is 27.7 Å². The molecule has 0 unspecified atom stereocenters. The van der Waals surface area contributed by atoms with Gasteiger partial charge in [-0.3, -0.25) is 19.2 Å². The van der Waals surface area contributed by atoms with Crippen molar-refractivity contribution in [1.29, 1.82) is 0 Å². The van der Waals surface area contributed by atoms with E-state index in [1.54, 1.807) is 11.8 Å². The quantitative estimate of drug-likeness (QED) is 0.207. The zero-order valence-corrected chi connectivity index (χ0v) is 28.2. The lowest BCUT2D eigenvalue weighted by atomic mass is 9.93. The number of amides is 1. The SMILES string of the molecule is C[C@H](N)C(=O)O[C@@H](C)C(=O)N1CCC(CCn2c(Sc3cc4c(cc3Br)OCO4)nc3c(N)ncnc32)CC1.O=C(O)CCC(=O)O. The van der Waals surface area contributed by atoms with Gasteiger partial charge in [-0.15, -0.1) is 0 Å². The molecule has 2 aliphatic heterocycles. The van der Waals surface area contributed by atoms with Gasteiger partial charge in [0.15, 0.2) is 39.7 Å². The lowest BCUT2D eigenvalue weighted by Crippen LogP contribution is -2.45. The van der Waals surface area contributed by atoms with Crippen LogP contribution in [0, 0.1) is 5.92 Å². The first-order valence-electron chi connectivity index (χ1n) is 14.8. The zero-order valence-electron chi connectivity index (χ0n) is 25.8. The van der Waals surface area contributed by atoms with Gasteiger partial charge in [0.05, 0.1) is 12.8 Å². The van der Waals surface area contributed by atoms with E-state index in [0.717, 1.165) is 33.8 Å². The Labute approximate surface area is 282 Å². The number of anilines is 1. The maximum absolute atomic E-state index is 12.7. The van der Waals surface area contributed by atoms with E-state index in [2.05, 4.69) is 30.5 Å². The summed E-state index contributed by atoms with van der Waals surface area (Å²) >= 11 is 5.11. The molecule has 0 saturated carbocycles. The van der Waals surface area contributed by atoms with Crippen LogP contribution in [0.1, 0.15) is 46.0 Å². The Hall–Kier alpha value is -4.16. The molecule has 5 rings (SSSR count). The molecule has 0 radical (unpaired) electrons. The van der Waals surface area contributed by atoms with Gasteiger partial charge in [-0.05, 0) is 67.1 Å². The van der Waals surface area contributed by atoms with Gasteiger partial charge in [0.1, 0.15) is 12.4 Å². The third-order valence-corrected chi connectivity index (χ3v) is 9.38. The van der Waals surface area contributed by atoms with Crippen molar-refractivity contribution in [2.75, 3.05) is 25.6 Å². The van der Waals surface area contributed by atoms with E-state index < -0.39 is 30.1 Å². The highest BCUT2D eigenvalue weighted by Crippen LogP contribution is 2.43. The second-order valence-corrected chi connectivity index (χ2v) is 12.8. The van der Waals surface area contributed by atoms with Crippen LogP contribution in [0.2, 0.25) is 0 Å². The fourth-order valence-corrected chi connectivity index (χ4v) is 6.35. The molecule has 47 heavy (non-hydrogen) atoms. The van der Waals surface area contributed by atoms with Gasteiger partial charge in [-0.2, -0.15) is 0 Å². The number of aryl methyl sites for hydroxylation is 1. The fraction of sp³-hybridized carbons (Fsp3) is 0.483. The third kappa shape index (κ3) is 9.45. The number of hydrogen-bond acceptors (Lipinski definition) is 13. The van der Waals surface area contributed by atoms with E-state index in [1.165, 1.54) is 25.0 Å². The molecule has 0 bridgehead atoms. The molecule has 2 aromatic heterocycles. The van der Waals surface area contributed by atoms with Crippen LogP contribution in [0.25, 0.3) is 11.2 Å². The summed E-state index contributed by atoms with van der Waals surface area (Å²) in [5.74, 6) is -0.808. The number of fused-ring (bicyclic) bond motifs is 2. The largest absolute Gasteiger partial charge is 0.481 e. The summed E-state index contributed by atoms with van der Waals surface area (Å²) in [5, 5.41) is 16.5. The summed E-state index contributed by atoms with van der Waals surface area (Å²) in [5.41, 5.74) is 12.9. The normalized spacial score (nSPS) is 15.4. The second kappa shape index (κ2) is 16.1. The number of likely N-dealkylation sites (tertiary alicyclic amines) is 1. The number of ether oxygens (including phenoxy) is 3. The monoisotopic (exact) mass is 737 g/mol. The van der Waals surface area contributed by atoms with Crippen molar-refractivity contribution in [2.45, 2.75) is 74.7 Å².